The molecule has 1 atom stereocenters. The highest BCUT2D eigenvalue weighted by molar-refractivity contribution is 9.10. The maximum atomic E-state index is 13.4. The second kappa shape index (κ2) is 13.0. The van der Waals surface area contributed by atoms with Gasteiger partial charge in [-0.05, 0) is 60.0 Å². The number of H-pyrrole nitrogens is 1. The van der Waals surface area contributed by atoms with E-state index in [1.165, 1.54) is 0 Å². The van der Waals surface area contributed by atoms with Crippen LogP contribution in [-0.4, -0.2) is 29.4 Å². The van der Waals surface area contributed by atoms with Crippen LogP contribution in [0.15, 0.2) is 123 Å². The van der Waals surface area contributed by atoms with Gasteiger partial charge in [-0.25, -0.2) is 0 Å². The first-order valence-electron chi connectivity index (χ1n) is 14.1. The third kappa shape index (κ3) is 6.58. The van der Waals surface area contributed by atoms with Gasteiger partial charge < -0.3 is 24.8 Å². The van der Waals surface area contributed by atoms with E-state index in [0.717, 1.165) is 32.6 Å². The van der Waals surface area contributed by atoms with Gasteiger partial charge in [-0.15, -0.1) is 0 Å². The number of rotatable bonds is 10. The summed E-state index contributed by atoms with van der Waals surface area (Å²) >= 11 is 3.39. The summed E-state index contributed by atoms with van der Waals surface area (Å²) in [5.41, 5.74) is 2.75. The summed E-state index contributed by atoms with van der Waals surface area (Å²) in [7, 11) is 0. The number of para-hydroxylation sites is 1. The number of benzene rings is 4. The topological polar surface area (TPSA) is 113 Å². The van der Waals surface area contributed by atoms with Gasteiger partial charge >= 0.3 is 0 Å². The smallest absolute Gasteiger partial charge is 0.287 e. The first-order valence-corrected chi connectivity index (χ1v) is 14.9. The summed E-state index contributed by atoms with van der Waals surface area (Å²) in [6, 6.07) is 29.8. The summed E-state index contributed by atoms with van der Waals surface area (Å²) in [4.78, 5) is 43.2. The first-order chi connectivity index (χ1) is 21.4. The van der Waals surface area contributed by atoms with Crippen molar-refractivity contribution in [2.75, 3.05) is 6.54 Å². The fourth-order valence-electron chi connectivity index (χ4n) is 5.08. The van der Waals surface area contributed by atoms with E-state index >= 15 is 0 Å². The van der Waals surface area contributed by atoms with Crippen molar-refractivity contribution in [2.24, 2.45) is 0 Å². The first kappa shape index (κ1) is 28.9. The molecule has 6 rings (SSSR count). The summed E-state index contributed by atoms with van der Waals surface area (Å²) in [5, 5.41) is 7.05. The standard InChI is InChI=1S/C35H28BrN3O5/c36-24-13-15-25(16-14-24)43-30-11-6-12-31-33(30)29(40)20-32(44-31)35(42)39-28(19-22-7-2-1-3-8-22)34(41)37-18-17-23-21-38-27-10-5-4-9-26(23)27/h1-16,20-21,28,38H,17-19H2,(H,37,41)(H,39,42)/t28-/m0/s1. The largest absolute Gasteiger partial charge is 0.456 e. The normalized spacial score (nSPS) is 11.8. The van der Waals surface area contributed by atoms with Gasteiger partial charge in [-0.3, -0.25) is 14.4 Å². The molecule has 0 aliphatic carbocycles. The van der Waals surface area contributed by atoms with E-state index in [0.29, 0.717) is 24.5 Å². The van der Waals surface area contributed by atoms with Gasteiger partial charge in [-0.1, -0.05) is 70.5 Å². The van der Waals surface area contributed by atoms with E-state index in [-0.39, 0.29) is 29.1 Å². The number of carbonyl (C=O) groups excluding carboxylic acids is 2. The number of amides is 2. The molecular weight excluding hydrogens is 622 g/mol. The maximum absolute atomic E-state index is 13.4. The van der Waals surface area contributed by atoms with Crippen LogP contribution in [0, 0.1) is 0 Å². The SMILES string of the molecule is O=C(N[C@@H](Cc1ccccc1)C(=O)NCCc1c[nH]c2ccccc12)c1cc(=O)c2c(Oc3ccc(Br)cc3)cccc2o1. The van der Waals surface area contributed by atoms with Crippen molar-refractivity contribution < 1.29 is 18.7 Å². The molecule has 0 saturated heterocycles. The van der Waals surface area contributed by atoms with Gasteiger partial charge in [0.15, 0.2) is 11.2 Å². The van der Waals surface area contributed by atoms with Crippen molar-refractivity contribution >= 4 is 49.6 Å². The van der Waals surface area contributed by atoms with Crippen LogP contribution in [0.2, 0.25) is 0 Å². The summed E-state index contributed by atoms with van der Waals surface area (Å²) in [6.07, 6.45) is 2.82. The van der Waals surface area contributed by atoms with E-state index in [4.69, 9.17) is 9.15 Å². The molecule has 0 unspecified atom stereocenters. The molecule has 2 heterocycles. The number of aromatic amines is 1. The number of carbonyl (C=O) groups is 2. The van der Waals surface area contributed by atoms with Gasteiger partial charge in [0.05, 0.1) is 0 Å². The quantitative estimate of drug-likeness (QED) is 0.156. The highest BCUT2D eigenvalue weighted by atomic mass is 79.9. The number of hydrogen-bond acceptors (Lipinski definition) is 5. The van der Waals surface area contributed by atoms with Crippen molar-refractivity contribution in [3.63, 3.8) is 0 Å². The van der Waals surface area contributed by atoms with E-state index in [1.54, 1.807) is 30.3 Å². The number of nitrogens with one attached hydrogen (secondary N) is 3. The number of aromatic nitrogens is 1. The minimum Gasteiger partial charge on any atom is -0.456 e. The Kier molecular flexibility index (Phi) is 8.56. The lowest BCUT2D eigenvalue weighted by atomic mass is 10.0. The molecule has 0 spiro atoms. The number of halogens is 1. The molecule has 0 aliphatic heterocycles. The molecule has 6 aromatic rings. The minimum absolute atomic E-state index is 0.194. The van der Waals surface area contributed by atoms with Crippen LogP contribution in [0.5, 0.6) is 11.5 Å². The van der Waals surface area contributed by atoms with Gasteiger partial charge in [0, 0.05) is 40.6 Å². The molecule has 9 heteroatoms. The van der Waals surface area contributed by atoms with Gasteiger partial charge in [-0.2, -0.15) is 0 Å². The monoisotopic (exact) mass is 649 g/mol. The Balaban J connectivity index is 1.20. The fraction of sp³-hybridized carbons (Fsp3) is 0.114. The van der Waals surface area contributed by atoms with Crippen molar-refractivity contribution in [3.8, 4) is 11.5 Å². The minimum atomic E-state index is -0.902. The lowest BCUT2D eigenvalue weighted by molar-refractivity contribution is -0.122. The Morgan fingerprint density at radius 3 is 2.50 bits per heavy atom. The molecule has 0 aliphatic rings. The molecule has 220 valence electrons. The van der Waals surface area contributed by atoms with E-state index in [2.05, 4.69) is 31.5 Å². The van der Waals surface area contributed by atoms with Crippen molar-refractivity contribution in [1.82, 2.24) is 15.6 Å². The number of ether oxygens (including phenoxy) is 1. The molecule has 2 amide bonds. The summed E-state index contributed by atoms with van der Waals surface area (Å²) < 4.78 is 12.7. The van der Waals surface area contributed by atoms with Crippen LogP contribution in [0.25, 0.3) is 21.9 Å². The Labute approximate surface area is 261 Å². The Bertz CT molecular complexity index is 2000. The van der Waals surface area contributed by atoms with E-state index < -0.39 is 17.4 Å². The van der Waals surface area contributed by atoms with Crippen molar-refractivity contribution in [2.45, 2.75) is 18.9 Å². The lowest BCUT2D eigenvalue weighted by Gasteiger charge is -2.18. The highest BCUT2D eigenvalue weighted by Gasteiger charge is 2.24. The second-order valence-electron chi connectivity index (χ2n) is 10.3. The second-order valence-corrected chi connectivity index (χ2v) is 11.2. The molecule has 8 nitrogen and oxygen atoms in total. The fourth-order valence-corrected chi connectivity index (χ4v) is 5.34. The maximum Gasteiger partial charge on any atom is 0.287 e. The molecule has 0 bridgehead atoms. The molecule has 3 N–H and O–H groups in total. The Morgan fingerprint density at radius 1 is 0.909 bits per heavy atom. The summed E-state index contributed by atoms with van der Waals surface area (Å²) in [5.74, 6) is -0.359. The van der Waals surface area contributed by atoms with Gasteiger partial charge in [0.2, 0.25) is 5.91 Å². The average molecular weight is 651 g/mol. The molecule has 0 saturated carbocycles. The number of hydrogen-bond donors (Lipinski definition) is 3. The molecule has 44 heavy (non-hydrogen) atoms. The zero-order chi connectivity index (χ0) is 30.5. The van der Waals surface area contributed by atoms with Crippen LogP contribution in [0.1, 0.15) is 21.7 Å². The zero-order valence-electron chi connectivity index (χ0n) is 23.5. The van der Waals surface area contributed by atoms with Crippen molar-refractivity contribution in [3.05, 3.63) is 141 Å². The molecular formula is C35H28BrN3O5. The predicted molar refractivity (Wildman–Crippen MR) is 173 cm³/mol. The lowest BCUT2D eigenvalue weighted by Crippen LogP contribution is -2.48. The molecule has 2 aromatic heterocycles. The molecule has 0 radical (unpaired) electrons. The van der Waals surface area contributed by atoms with E-state index in [9.17, 15) is 14.4 Å². The van der Waals surface area contributed by atoms with Crippen LogP contribution in [-0.2, 0) is 17.6 Å². The van der Waals surface area contributed by atoms with Gasteiger partial charge in [0.25, 0.3) is 5.91 Å². The zero-order valence-corrected chi connectivity index (χ0v) is 25.1. The van der Waals surface area contributed by atoms with E-state index in [1.807, 2.05) is 72.9 Å². The van der Waals surface area contributed by atoms with Gasteiger partial charge in [0.1, 0.15) is 28.5 Å². The third-order valence-corrected chi connectivity index (χ3v) is 7.78. The van der Waals surface area contributed by atoms with Crippen LogP contribution in [0.4, 0.5) is 0 Å². The molecule has 0 fully saturated rings. The average Bonchev–Trinajstić information content (AvgIpc) is 3.45. The van der Waals surface area contributed by atoms with Crippen LogP contribution >= 0.6 is 15.9 Å². The Morgan fingerprint density at radius 2 is 1.68 bits per heavy atom. The van der Waals surface area contributed by atoms with Crippen molar-refractivity contribution in [1.29, 1.82) is 0 Å². The predicted octanol–water partition coefficient (Wildman–Crippen LogP) is 6.53. The van der Waals surface area contributed by atoms with Crippen LogP contribution < -0.4 is 20.8 Å². The Hall–Kier alpha value is -5.15. The van der Waals surface area contributed by atoms with Crippen LogP contribution in [0.3, 0.4) is 0 Å². The summed E-state index contributed by atoms with van der Waals surface area (Å²) in [6.45, 7) is 0.383. The number of fused-ring (bicyclic) bond motifs is 2. The third-order valence-electron chi connectivity index (χ3n) is 7.25. The molecule has 4 aromatic carbocycles. The highest BCUT2D eigenvalue weighted by Crippen LogP contribution is 2.29.